The molecule has 0 atom stereocenters. The molecule has 1 heterocycles. The average Bonchev–Trinajstić information content (AvgIpc) is 3.06. The van der Waals surface area contributed by atoms with Crippen molar-refractivity contribution in [2.24, 2.45) is 0 Å². The number of hydrogen-bond donors (Lipinski definition) is 0. The number of aromatic nitrogens is 2. The Hall–Kier alpha value is -1.18. The molecular formula is C12H15ClN4. The lowest BCUT2D eigenvalue weighted by atomic mass is 10.3. The molecular weight excluding hydrogens is 236 g/mol. The highest BCUT2D eigenvalue weighted by Crippen LogP contribution is 2.28. The van der Waals surface area contributed by atoms with E-state index >= 15 is 0 Å². The molecule has 0 unspecified atom stereocenters. The first-order valence-electron chi connectivity index (χ1n) is 5.80. The van der Waals surface area contributed by atoms with Gasteiger partial charge in [-0.3, -0.25) is 4.90 Å². The molecule has 0 aliphatic heterocycles. The van der Waals surface area contributed by atoms with E-state index in [0.29, 0.717) is 24.2 Å². The van der Waals surface area contributed by atoms with Crippen LogP contribution < -0.4 is 0 Å². The van der Waals surface area contributed by atoms with Crippen LogP contribution in [0.4, 0.5) is 0 Å². The third-order valence-corrected chi connectivity index (χ3v) is 2.98. The summed E-state index contributed by atoms with van der Waals surface area (Å²) in [5.41, 5.74) is 0.885. The van der Waals surface area contributed by atoms with Gasteiger partial charge in [-0.05, 0) is 25.8 Å². The summed E-state index contributed by atoms with van der Waals surface area (Å²) in [6.45, 7) is 3.39. The largest absolute Gasteiger partial charge is 0.292 e. The maximum Gasteiger partial charge on any atom is 0.144 e. The van der Waals surface area contributed by atoms with Gasteiger partial charge in [-0.2, -0.15) is 5.26 Å². The van der Waals surface area contributed by atoms with Crippen molar-refractivity contribution in [1.82, 2.24) is 14.9 Å². The fourth-order valence-electron chi connectivity index (χ4n) is 1.87. The van der Waals surface area contributed by atoms with Gasteiger partial charge in [0.15, 0.2) is 0 Å². The molecule has 0 bridgehead atoms. The zero-order valence-corrected chi connectivity index (χ0v) is 10.6. The standard InChI is InChI=1S/C12H15ClN4/c1-9-7-11(13)16-12(15-9)8-17(6-2-5-14)10-3-4-10/h7,10H,2-4,6,8H2,1H3. The summed E-state index contributed by atoms with van der Waals surface area (Å²) < 4.78 is 0. The maximum atomic E-state index is 8.64. The number of nitrogens with zero attached hydrogens (tertiary/aromatic N) is 4. The summed E-state index contributed by atoms with van der Waals surface area (Å²) in [7, 11) is 0. The second-order valence-corrected chi connectivity index (χ2v) is 4.75. The predicted molar refractivity (Wildman–Crippen MR) is 65.4 cm³/mol. The Kier molecular flexibility index (Phi) is 3.93. The molecule has 1 fully saturated rings. The summed E-state index contributed by atoms with van der Waals surface area (Å²) in [6, 6.07) is 4.54. The van der Waals surface area contributed by atoms with Gasteiger partial charge in [0.05, 0.1) is 12.6 Å². The summed E-state index contributed by atoms with van der Waals surface area (Å²) in [5.74, 6) is 0.750. The highest BCUT2D eigenvalue weighted by Gasteiger charge is 2.29. The van der Waals surface area contributed by atoms with Gasteiger partial charge < -0.3 is 0 Å². The first-order chi connectivity index (χ1) is 8.19. The number of nitriles is 1. The number of hydrogen-bond acceptors (Lipinski definition) is 4. The minimum Gasteiger partial charge on any atom is -0.292 e. The van der Waals surface area contributed by atoms with Gasteiger partial charge in [0.25, 0.3) is 0 Å². The lowest BCUT2D eigenvalue weighted by Gasteiger charge is -2.19. The molecule has 0 N–H and O–H groups in total. The van der Waals surface area contributed by atoms with Crippen molar-refractivity contribution in [2.75, 3.05) is 6.54 Å². The quantitative estimate of drug-likeness (QED) is 0.753. The molecule has 1 aromatic rings. The molecule has 0 amide bonds. The van der Waals surface area contributed by atoms with E-state index in [9.17, 15) is 0 Å². The van der Waals surface area contributed by atoms with E-state index in [-0.39, 0.29) is 0 Å². The van der Waals surface area contributed by atoms with Crippen LogP contribution in [0.5, 0.6) is 0 Å². The van der Waals surface area contributed by atoms with Crippen LogP contribution in [-0.4, -0.2) is 27.5 Å². The summed E-state index contributed by atoms with van der Waals surface area (Å²) in [6.07, 6.45) is 2.98. The summed E-state index contributed by atoms with van der Waals surface area (Å²) in [4.78, 5) is 10.9. The second kappa shape index (κ2) is 5.44. The Morgan fingerprint density at radius 2 is 2.29 bits per heavy atom. The van der Waals surface area contributed by atoms with Crippen molar-refractivity contribution in [3.05, 3.63) is 22.7 Å². The molecule has 0 aromatic carbocycles. The minimum atomic E-state index is 0.489. The lowest BCUT2D eigenvalue weighted by Crippen LogP contribution is -2.27. The number of halogens is 1. The van der Waals surface area contributed by atoms with Gasteiger partial charge in [-0.15, -0.1) is 0 Å². The Bertz CT molecular complexity index is 416. The molecule has 5 heteroatoms. The van der Waals surface area contributed by atoms with E-state index in [4.69, 9.17) is 16.9 Å². The number of aryl methyl sites for hydroxylation is 1. The van der Waals surface area contributed by atoms with E-state index in [1.54, 1.807) is 6.07 Å². The highest BCUT2D eigenvalue weighted by atomic mass is 35.5. The third-order valence-electron chi connectivity index (χ3n) is 2.79. The van der Waals surface area contributed by atoms with Gasteiger partial charge >= 0.3 is 0 Å². The maximum absolute atomic E-state index is 8.64. The Morgan fingerprint density at radius 3 is 2.88 bits per heavy atom. The molecule has 0 radical (unpaired) electrons. The molecule has 1 aromatic heterocycles. The van der Waals surface area contributed by atoms with Crippen LogP contribution >= 0.6 is 11.6 Å². The monoisotopic (exact) mass is 250 g/mol. The molecule has 1 aliphatic rings. The van der Waals surface area contributed by atoms with Gasteiger partial charge in [0.1, 0.15) is 11.0 Å². The zero-order chi connectivity index (χ0) is 12.3. The predicted octanol–water partition coefficient (Wildman–Crippen LogP) is 2.32. The topological polar surface area (TPSA) is 52.8 Å². The van der Waals surface area contributed by atoms with Crippen LogP contribution in [0.15, 0.2) is 6.07 Å². The van der Waals surface area contributed by atoms with Crippen molar-refractivity contribution in [2.45, 2.75) is 38.8 Å². The van der Waals surface area contributed by atoms with E-state index in [2.05, 4.69) is 20.9 Å². The minimum absolute atomic E-state index is 0.489. The first-order valence-corrected chi connectivity index (χ1v) is 6.18. The fraction of sp³-hybridized carbons (Fsp3) is 0.583. The van der Waals surface area contributed by atoms with Crippen molar-refractivity contribution < 1.29 is 0 Å². The molecule has 4 nitrogen and oxygen atoms in total. The van der Waals surface area contributed by atoms with Crippen molar-refractivity contribution in [3.63, 3.8) is 0 Å². The normalized spacial score (nSPS) is 14.9. The molecule has 1 aliphatic carbocycles. The molecule has 2 rings (SSSR count). The van der Waals surface area contributed by atoms with E-state index < -0.39 is 0 Å². The van der Waals surface area contributed by atoms with Crippen molar-refractivity contribution in [1.29, 1.82) is 5.26 Å². The second-order valence-electron chi connectivity index (χ2n) is 4.36. The fourth-order valence-corrected chi connectivity index (χ4v) is 2.12. The lowest BCUT2D eigenvalue weighted by molar-refractivity contribution is 0.254. The SMILES string of the molecule is Cc1cc(Cl)nc(CN(CCC#N)C2CC2)n1. The number of rotatable bonds is 5. The van der Waals surface area contributed by atoms with E-state index in [1.165, 1.54) is 12.8 Å². The Morgan fingerprint density at radius 1 is 1.53 bits per heavy atom. The molecule has 90 valence electrons. The molecule has 1 saturated carbocycles. The average molecular weight is 251 g/mol. The highest BCUT2D eigenvalue weighted by molar-refractivity contribution is 6.29. The Balaban J connectivity index is 2.03. The molecule has 0 saturated heterocycles. The molecule has 0 spiro atoms. The Labute approximate surface area is 106 Å². The van der Waals surface area contributed by atoms with Crippen molar-refractivity contribution in [3.8, 4) is 6.07 Å². The van der Waals surface area contributed by atoms with Crippen LogP contribution in [-0.2, 0) is 6.54 Å². The molecule has 17 heavy (non-hydrogen) atoms. The van der Waals surface area contributed by atoms with Gasteiger partial charge in [-0.1, -0.05) is 11.6 Å². The van der Waals surface area contributed by atoms with Crippen LogP contribution in [0.1, 0.15) is 30.8 Å². The van der Waals surface area contributed by atoms with Crippen molar-refractivity contribution >= 4 is 11.6 Å². The van der Waals surface area contributed by atoms with Gasteiger partial charge in [-0.25, -0.2) is 9.97 Å². The smallest absolute Gasteiger partial charge is 0.144 e. The first kappa shape index (κ1) is 12.3. The van der Waals surface area contributed by atoms with Crippen LogP contribution in [0, 0.1) is 18.3 Å². The van der Waals surface area contributed by atoms with Gasteiger partial charge in [0, 0.05) is 24.7 Å². The summed E-state index contributed by atoms with van der Waals surface area (Å²) in [5, 5.41) is 9.13. The van der Waals surface area contributed by atoms with Crippen LogP contribution in [0.2, 0.25) is 5.15 Å². The van der Waals surface area contributed by atoms with Gasteiger partial charge in [0.2, 0.25) is 0 Å². The van der Waals surface area contributed by atoms with Crippen LogP contribution in [0.25, 0.3) is 0 Å². The van der Waals surface area contributed by atoms with Crippen LogP contribution in [0.3, 0.4) is 0 Å². The third kappa shape index (κ3) is 3.65. The van der Waals surface area contributed by atoms with E-state index in [1.807, 2.05) is 6.92 Å². The summed E-state index contributed by atoms with van der Waals surface area (Å²) >= 11 is 5.91. The van der Waals surface area contributed by atoms with E-state index in [0.717, 1.165) is 18.1 Å². The zero-order valence-electron chi connectivity index (χ0n) is 9.86.